The highest BCUT2D eigenvalue weighted by atomic mass is 16.3. The molecule has 0 radical (unpaired) electrons. The smallest absolute Gasteiger partial charge is 0.117 e. The number of aliphatic hydroxyl groups excluding tert-OH is 1. The van der Waals surface area contributed by atoms with Crippen LogP contribution in [0.2, 0.25) is 0 Å². The highest BCUT2D eigenvalue weighted by Gasteiger charge is 2.04. The van der Waals surface area contributed by atoms with E-state index in [2.05, 4.69) is 6.58 Å². The van der Waals surface area contributed by atoms with Crippen LogP contribution in [0.5, 0.6) is 0 Å². The minimum Gasteiger partial charge on any atom is -0.508 e. The van der Waals surface area contributed by atoms with E-state index in [1.54, 1.807) is 13.1 Å². The van der Waals surface area contributed by atoms with Gasteiger partial charge in [-0.25, -0.2) is 5.84 Å². The topological polar surface area (TPSA) is 49.5 Å². The third kappa shape index (κ3) is 1.57. The predicted octanol–water partition coefficient (Wildman–Crippen LogP) is 1.53. The largest absolute Gasteiger partial charge is 0.508 e. The summed E-state index contributed by atoms with van der Waals surface area (Å²) in [6.07, 6.45) is 0. The molecule has 0 fully saturated rings. The molecule has 0 unspecified atom stereocenters. The van der Waals surface area contributed by atoms with E-state index in [1.165, 1.54) is 5.01 Å². The molecule has 0 bridgehead atoms. The Morgan fingerprint density at radius 3 is 2.50 bits per heavy atom. The van der Waals surface area contributed by atoms with Crippen LogP contribution in [0.25, 0.3) is 5.76 Å². The first-order valence-electron chi connectivity index (χ1n) is 3.58. The summed E-state index contributed by atoms with van der Waals surface area (Å²) in [4.78, 5) is 0. The molecule has 3 heteroatoms. The molecule has 0 aliphatic carbocycles. The van der Waals surface area contributed by atoms with Crippen LogP contribution in [0.4, 0.5) is 5.69 Å². The first kappa shape index (κ1) is 8.62. The molecule has 12 heavy (non-hydrogen) atoms. The van der Waals surface area contributed by atoms with E-state index in [-0.39, 0.29) is 5.76 Å². The molecule has 1 rings (SSSR count). The van der Waals surface area contributed by atoms with Gasteiger partial charge in [-0.1, -0.05) is 18.7 Å². The van der Waals surface area contributed by atoms with Gasteiger partial charge in [0.05, 0.1) is 5.69 Å². The first-order chi connectivity index (χ1) is 5.63. The number of para-hydroxylation sites is 1. The molecule has 64 valence electrons. The summed E-state index contributed by atoms with van der Waals surface area (Å²) in [5.41, 5.74) is 1.41. The fourth-order valence-electron chi connectivity index (χ4n) is 1.03. The molecule has 0 aliphatic heterocycles. The number of aliphatic hydroxyl groups is 1. The molecule has 0 saturated heterocycles. The zero-order valence-electron chi connectivity index (χ0n) is 6.99. The van der Waals surface area contributed by atoms with E-state index in [0.29, 0.717) is 5.56 Å². The molecular weight excluding hydrogens is 152 g/mol. The van der Waals surface area contributed by atoms with Crippen molar-refractivity contribution in [3.63, 3.8) is 0 Å². The molecule has 3 nitrogen and oxygen atoms in total. The summed E-state index contributed by atoms with van der Waals surface area (Å²) in [6.45, 7) is 3.44. The second-order valence-electron chi connectivity index (χ2n) is 2.57. The van der Waals surface area contributed by atoms with E-state index in [0.717, 1.165) is 5.69 Å². The Labute approximate surface area is 71.7 Å². The third-order valence-electron chi connectivity index (χ3n) is 1.59. The van der Waals surface area contributed by atoms with Gasteiger partial charge >= 0.3 is 0 Å². The van der Waals surface area contributed by atoms with Crippen LogP contribution in [-0.4, -0.2) is 12.2 Å². The van der Waals surface area contributed by atoms with Crippen LogP contribution in [0.15, 0.2) is 30.8 Å². The van der Waals surface area contributed by atoms with Gasteiger partial charge in [0.2, 0.25) is 0 Å². The molecule has 0 amide bonds. The molecule has 0 heterocycles. The Bertz CT molecular complexity index is 294. The molecule has 0 atom stereocenters. The van der Waals surface area contributed by atoms with Crippen LogP contribution < -0.4 is 10.9 Å². The van der Waals surface area contributed by atoms with E-state index in [4.69, 9.17) is 5.84 Å². The average Bonchev–Trinajstić information content (AvgIpc) is 2.04. The van der Waals surface area contributed by atoms with E-state index in [9.17, 15) is 5.11 Å². The van der Waals surface area contributed by atoms with E-state index in [1.807, 2.05) is 18.2 Å². The van der Waals surface area contributed by atoms with Gasteiger partial charge in [0.15, 0.2) is 0 Å². The Morgan fingerprint density at radius 2 is 2.08 bits per heavy atom. The van der Waals surface area contributed by atoms with Crippen molar-refractivity contribution in [1.82, 2.24) is 0 Å². The molecule has 3 N–H and O–H groups in total. The van der Waals surface area contributed by atoms with Crippen molar-refractivity contribution in [3.8, 4) is 0 Å². The second-order valence-corrected chi connectivity index (χ2v) is 2.57. The third-order valence-corrected chi connectivity index (χ3v) is 1.59. The minimum absolute atomic E-state index is 0.0305. The van der Waals surface area contributed by atoms with Crippen LogP contribution >= 0.6 is 0 Å². The molecule has 1 aromatic carbocycles. The Kier molecular flexibility index (Phi) is 2.35. The van der Waals surface area contributed by atoms with Crippen molar-refractivity contribution in [2.75, 3.05) is 12.1 Å². The van der Waals surface area contributed by atoms with Gasteiger partial charge in [-0.05, 0) is 12.1 Å². The maximum absolute atomic E-state index is 9.18. The van der Waals surface area contributed by atoms with Crippen molar-refractivity contribution in [2.24, 2.45) is 5.84 Å². The Morgan fingerprint density at radius 1 is 1.50 bits per heavy atom. The van der Waals surface area contributed by atoms with Crippen LogP contribution in [0, 0.1) is 0 Å². The SMILES string of the molecule is C=C(O)c1ccccc1N(C)N. The number of hydrazine groups is 1. The van der Waals surface area contributed by atoms with Crippen LogP contribution in [0.1, 0.15) is 5.56 Å². The van der Waals surface area contributed by atoms with Crippen LogP contribution in [0.3, 0.4) is 0 Å². The number of nitrogens with zero attached hydrogens (tertiary/aromatic N) is 1. The Hall–Kier alpha value is -1.48. The summed E-state index contributed by atoms with van der Waals surface area (Å²) in [5, 5.41) is 10.6. The standard InChI is InChI=1S/C9H12N2O/c1-7(12)8-5-3-4-6-9(8)11(2)10/h3-6,12H,1,10H2,2H3. The maximum atomic E-state index is 9.18. The van der Waals surface area contributed by atoms with Gasteiger partial charge in [0.25, 0.3) is 0 Å². The monoisotopic (exact) mass is 164 g/mol. The number of nitrogens with two attached hydrogens (primary N) is 1. The first-order valence-corrected chi connectivity index (χ1v) is 3.58. The molecule has 1 aromatic rings. The van der Waals surface area contributed by atoms with Crippen molar-refractivity contribution < 1.29 is 5.11 Å². The van der Waals surface area contributed by atoms with E-state index >= 15 is 0 Å². The van der Waals surface area contributed by atoms with Gasteiger partial charge in [0, 0.05) is 12.6 Å². The van der Waals surface area contributed by atoms with E-state index < -0.39 is 0 Å². The van der Waals surface area contributed by atoms with Gasteiger partial charge in [0.1, 0.15) is 5.76 Å². The molecule has 0 saturated carbocycles. The van der Waals surface area contributed by atoms with Gasteiger partial charge in [-0.3, -0.25) is 0 Å². The van der Waals surface area contributed by atoms with Crippen molar-refractivity contribution in [3.05, 3.63) is 36.4 Å². The van der Waals surface area contributed by atoms with Gasteiger partial charge in [-0.15, -0.1) is 0 Å². The summed E-state index contributed by atoms with van der Waals surface area (Å²) < 4.78 is 0. The van der Waals surface area contributed by atoms with Crippen molar-refractivity contribution in [2.45, 2.75) is 0 Å². The van der Waals surface area contributed by atoms with Gasteiger partial charge in [-0.2, -0.15) is 0 Å². The Balaban J connectivity index is 3.17. The molecule has 0 aliphatic rings. The maximum Gasteiger partial charge on any atom is 0.117 e. The normalized spacial score (nSPS) is 9.50. The lowest BCUT2D eigenvalue weighted by Gasteiger charge is -2.15. The summed E-state index contributed by atoms with van der Waals surface area (Å²) >= 11 is 0. The second kappa shape index (κ2) is 3.28. The number of hydrogen-bond acceptors (Lipinski definition) is 3. The molecular formula is C9H12N2O. The lowest BCUT2D eigenvalue weighted by molar-refractivity contribution is 0.514. The molecule has 0 spiro atoms. The predicted molar refractivity (Wildman–Crippen MR) is 50.7 cm³/mol. The average molecular weight is 164 g/mol. The zero-order valence-corrected chi connectivity index (χ0v) is 6.99. The lowest BCUT2D eigenvalue weighted by Crippen LogP contribution is -2.25. The minimum atomic E-state index is 0.0305. The summed E-state index contributed by atoms with van der Waals surface area (Å²) in [5.74, 6) is 5.56. The summed E-state index contributed by atoms with van der Waals surface area (Å²) in [7, 11) is 1.71. The van der Waals surface area contributed by atoms with Crippen molar-refractivity contribution >= 4 is 11.4 Å². The zero-order chi connectivity index (χ0) is 9.14. The number of rotatable bonds is 2. The van der Waals surface area contributed by atoms with Crippen molar-refractivity contribution in [1.29, 1.82) is 0 Å². The quantitative estimate of drug-likeness (QED) is 0.396. The number of anilines is 1. The highest BCUT2D eigenvalue weighted by Crippen LogP contribution is 2.21. The van der Waals surface area contributed by atoms with Gasteiger partial charge < -0.3 is 10.1 Å². The fourth-order valence-corrected chi connectivity index (χ4v) is 1.03. The number of hydrogen-bond donors (Lipinski definition) is 2. The fraction of sp³-hybridized carbons (Fsp3) is 0.111. The van der Waals surface area contributed by atoms with Crippen LogP contribution in [-0.2, 0) is 0 Å². The number of benzene rings is 1. The molecule has 0 aromatic heterocycles. The highest BCUT2D eigenvalue weighted by molar-refractivity contribution is 5.70. The summed E-state index contributed by atoms with van der Waals surface area (Å²) in [6, 6.07) is 7.26. The lowest BCUT2D eigenvalue weighted by atomic mass is 10.1.